The van der Waals surface area contributed by atoms with Gasteiger partial charge in [0.25, 0.3) is 0 Å². The zero-order valence-electron chi connectivity index (χ0n) is 16.1. The summed E-state index contributed by atoms with van der Waals surface area (Å²) in [5.74, 6) is -1.51. The highest BCUT2D eigenvalue weighted by molar-refractivity contribution is 5.81. The molecule has 172 valence electrons. The number of benzene rings is 3. The number of nitrogens with zero attached hydrogens (tertiary/aromatic N) is 1. The summed E-state index contributed by atoms with van der Waals surface area (Å²) in [7, 11) is 0. The quantitative estimate of drug-likeness (QED) is 0.354. The lowest BCUT2D eigenvalue weighted by molar-refractivity contribution is -0.274. The van der Waals surface area contributed by atoms with Crippen LogP contribution in [0.25, 0.3) is 27.8 Å². The molecule has 12 heteroatoms. The van der Waals surface area contributed by atoms with E-state index in [-0.39, 0.29) is 27.8 Å². The molecule has 3 N–H and O–H groups in total. The van der Waals surface area contributed by atoms with Crippen molar-refractivity contribution in [3.8, 4) is 34.1 Å². The summed E-state index contributed by atoms with van der Waals surface area (Å²) in [5, 5.41) is 20.6. The van der Waals surface area contributed by atoms with Crippen LogP contribution in [0, 0.1) is 0 Å². The van der Waals surface area contributed by atoms with Crippen LogP contribution >= 0.6 is 0 Å². The van der Waals surface area contributed by atoms with Crippen LogP contribution in [0.15, 0.2) is 59.4 Å². The molecule has 3 aromatic carbocycles. The molecule has 0 aliphatic heterocycles. The van der Waals surface area contributed by atoms with Crippen LogP contribution in [0.1, 0.15) is 5.56 Å². The average molecular weight is 470 g/mol. The van der Waals surface area contributed by atoms with Gasteiger partial charge in [0.2, 0.25) is 0 Å². The van der Waals surface area contributed by atoms with E-state index in [0.29, 0.717) is 0 Å². The number of H-pyrrole nitrogens is 1. The molecule has 0 atom stereocenters. The number of hydrogen-bond donors (Lipinski definition) is 3. The second kappa shape index (κ2) is 7.50. The van der Waals surface area contributed by atoms with Crippen LogP contribution < -0.4 is 10.4 Å². The maximum absolute atomic E-state index is 13.0. The highest BCUT2D eigenvalue weighted by atomic mass is 19.4. The zero-order valence-corrected chi connectivity index (χ0v) is 16.1. The van der Waals surface area contributed by atoms with E-state index >= 15 is 0 Å². The largest absolute Gasteiger partial charge is 0.573 e. The van der Waals surface area contributed by atoms with Gasteiger partial charge in [-0.05, 0) is 42.0 Å². The molecule has 4 aromatic rings. The van der Waals surface area contributed by atoms with Crippen molar-refractivity contribution in [2.45, 2.75) is 12.5 Å². The second-order valence-corrected chi connectivity index (χ2v) is 6.93. The Labute approximate surface area is 179 Å². The molecule has 1 heterocycles. The molecule has 0 amide bonds. The Kier molecular flexibility index (Phi) is 5.03. The number of fused-ring (bicyclic) bond motifs is 1. The van der Waals surface area contributed by atoms with Crippen LogP contribution in [0.5, 0.6) is 17.2 Å². The number of alkyl halides is 6. The number of aromatic hydroxyl groups is 2. The normalized spacial score (nSPS) is 12.3. The first-order valence-electron chi connectivity index (χ1n) is 9.08. The molecule has 0 saturated carbocycles. The first-order valence-corrected chi connectivity index (χ1v) is 9.08. The van der Waals surface area contributed by atoms with E-state index in [4.69, 9.17) is 0 Å². The molecule has 0 unspecified atom stereocenters. The monoisotopic (exact) mass is 470 g/mol. The van der Waals surface area contributed by atoms with Crippen molar-refractivity contribution in [3.63, 3.8) is 0 Å². The standard InChI is InChI=1S/C21H12F6N2O4/c22-20(23,24)11-3-6-15-14(7-11)28-19(32)29(15)16-8-13(17(30)9-18(16)31)10-1-4-12(5-2-10)33-21(25,26)27/h1-9,30-31H,(H,28,32). The molecule has 0 saturated heterocycles. The van der Waals surface area contributed by atoms with Crippen LogP contribution in [0.3, 0.4) is 0 Å². The van der Waals surface area contributed by atoms with E-state index < -0.39 is 41.0 Å². The van der Waals surface area contributed by atoms with Crippen molar-refractivity contribution < 1.29 is 41.3 Å². The number of imidazole rings is 1. The fourth-order valence-electron chi connectivity index (χ4n) is 3.34. The molecular weight excluding hydrogens is 458 g/mol. The molecule has 0 radical (unpaired) electrons. The third kappa shape index (κ3) is 4.31. The number of phenolic OH excluding ortho intramolecular Hbond substituents is 2. The zero-order chi connectivity index (χ0) is 24.1. The minimum Gasteiger partial charge on any atom is -0.507 e. The van der Waals surface area contributed by atoms with E-state index in [0.717, 1.165) is 41.0 Å². The molecule has 0 spiro atoms. The molecule has 0 aliphatic rings. The van der Waals surface area contributed by atoms with Crippen LogP contribution in [-0.4, -0.2) is 26.1 Å². The Bertz CT molecular complexity index is 1400. The molecule has 1 aromatic heterocycles. The minimum atomic E-state index is -4.89. The summed E-state index contributed by atoms with van der Waals surface area (Å²) >= 11 is 0. The van der Waals surface area contributed by atoms with E-state index in [9.17, 15) is 41.4 Å². The summed E-state index contributed by atoms with van der Waals surface area (Å²) in [6, 6.07) is 9.07. The van der Waals surface area contributed by atoms with Gasteiger partial charge in [0.15, 0.2) is 0 Å². The third-order valence-electron chi connectivity index (χ3n) is 4.74. The van der Waals surface area contributed by atoms with Crippen molar-refractivity contribution in [3.05, 3.63) is 70.6 Å². The van der Waals surface area contributed by atoms with E-state index in [1.54, 1.807) is 0 Å². The topological polar surface area (TPSA) is 87.5 Å². The van der Waals surface area contributed by atoms with Gasteiger partial charge in [-0.3, -0.25) is 4.57 Å². The highest BCUT2D eigenvalue weighted by Gasteiger charge is 2.32. The average Bonchev–Trinajstić information content (AvgIpc) is 3.02. The van der Waals surface area contributed by atoms with E-state index in [2.05, 4.69) is 9.72 Å². The van der Waals surface area contributed by atoms with Crippen LogP contribution in [0.4, 0.5) is 26.3 Å². The maximum Gasteiger partial charge on any atom is 0.573 e. The van der Waals surface area contributed by atoms with Crippen LogP contribution in [-0.2, 0) is 6.18 Å². The lowest BCUT2D eigenvalue weighted by atomic mass is 10.0. The lowest BCUT2D eigenvalue weighted by Gasteiger charge is -2.13. The number of hydrogen-bond acceptors (Lipinski definition) is 4. The van der Waals surface area contributed by atoms with Gasteiger partial charge in [-0.25, -0.2) is 4.79 Å². The Morgan fingerprint density at radius 3 is 2.12 bits per heavy atom. The number of rotatable bonds is 3. The molecule has 6 nitrogen and oxygen atoms in total. The van der Waals surface area contributed by atoms with E-state index in [1.165, 1.54) is 18.2 Å². The number of ether oxygens (including phenoxy) is 1. The number of phenols is 2. The van der Waals surface area contributed by atoms with Gasteiger partial charge in [0, 0.05) is 11.6 Å². The first kappa shape index (κ1) is 22.1. The molecule has 33 heavy (non-hydrogen) atoms. The lowest BCUT2D eigenvalue weighted by Crippen LogP contribution is -2.16. The van der Waals surface area contributed by atoms with E-state index in [1.807, 2.05) is 0 Å². The Morgan fingerprint density at radius 2 is 1.52 bits per heavy atom. The molecular formula is C21H12F6N2O4. The summed E-state index contributed by atoms with van der Waals surface area (Å²) in [4.78, 5) is 14.8. The summed E-state index contributed by atoms with van der Waals surface area (Å²) < 4.78 is 80.7. The van der Waals surface area contributed by atoms with Crippen molar-refractivity contribution in [2.75, 3.05) is 0 Å². The third-order valence-corrected chi connectivity index (χ3v) is 4.74. The maximum atomic E-state index is 13.0. The van der Waals surface area contributed by atoms with Crippen molar-refractivity contribution in [1.82, 2.24) is 9.55 Å². The fraction of sp³-hybridized carbons (Fsp3) is 0.0952. The van der Waals surface area contributed by atoms with Gasteiger partial charge in [0.1, 0.15) is 17.2 Å². The van der Waals surface area contributed by atoms with Crippen molar-refractivity contribution in [2.24, 2.45) is 0 Å². The van der Waals surface area contributed by atoms with Crippen LogP contribution in [0.2, 0.25) is 0 Å². The summed E-state index contributed by atoms with van der Waals surface area (Å²) in [5.41, 5.74) is -1.88. The van der Waals surface area contributed by atoms with Gasteiger partial charge in [-0.15, -0.1) is 13.2 Å². The second-order valence-electron chi connectivity index (χ2n) is 6.93. The summed E-state index contributed by atoms with van der Waals surface area (Å²) in [6.45, 7) is 0. The summed E-state index contributed by atoms with van der Waals surface area (Å²) in [6.07, 6.45) is -9.53. The Hall–Kier alpha value is -4.09. The predicted octanol–water partition coefficient (Wildman–Crippen LogP) is 5.31. The van der Waals surface area contributed by atoms with Crippen molar-refractivity contribution in [1.29, 1.82) is 0 Å². The van der Waals surface area contributed by atoms with Gasteiger partial charge >= 0.3 is 18.2 Å². The number of aromatic nitrogens is 2. The van der Waals surface area contributed by atoms with Gasteiger partial charge in [-0.1, -0.05) is 12.1 Å². The highest BCUT2D eigenvalue weighted by Crippen LogP contribution is 2.38. The van der Waals surface area contributed by atoms with Gasteiger partial charge < -0.3 is 19.9 Å². The molecule has 0 bridgehead atoms. The predicted molar refractivity (Wildman–Crippen MR) is 104 cm³/mol. The Balaban J connectivity index is 1.82. The number of aromatic amines is 1. The first-order chi connectivity index (χ1) is 15.3. The Morgan fingerprint density at radius 1 is 0.848 bits per heavy atom. The number of halogens is 6. The smallest absolute Gasteiger partial charge is 0.507 e. The minimum absolute atomic E-state index is 0.0221. The fourth-order valence-corrected chi connectivity index (χ4v) is 3.34. The molecule has 0 fully saturated rings. The number of nitrogens with one attached hydrogen (secondary N) is 1. The SMILES string of the molecule is O=c1[nH]c2cc(C(F)(F)F)ccc2n1-c1cc(-c2ccc(OC(F)(F)F)cc2)c(O)cc1O. The van der Waals surface area contributed by atoms with Gasteiger partial charge in [0.05, 0.1) is 22.3 Å². The van der Waals surface area contributed by atoms with Gasteiger partial charge in [-0.2, -0.15) is 13.2 Å². The van der Waals surface area contributed by atoms with Crippen molar-refractivity contribution >= 4 is 11.0 Å². The molecule has 0 aliphatic carbocycles. The molecule has 4 rings (SSSR count).